The number of nitrogens with zero attached hydrogens (tertiary/aromatic N) is 5. The van der Waals surface area contributed by atoms with Crippen molar-refractivity contribution < 1.29 is 9.13 Å². The molecule has 0 saturated carbocycles. The van der Waals surface area contributed by atoms with Gasteiger partial charge in [-0.05, 0) is 62.3 Å². The summed E-state index contributed by atoms with van der Waals surface area (Å²) in [7, 11) is 1.67. The summed E-state index contributed by atoms with van der Waals surface area (Å²) in [6, 6.07) is 14.5. The van der Waals surface area contributed by atoms with Crippen LogP contribution in [0.1, 0.15) is 30.8 Å². The van der Waals surface area contributed by atoms with Gasteiger partial charge in [-0.3, -0.25) is 9.47 Å². The second-order valence-corrected chi connectivity index (χ2v) is 10.0. The van der Waals surface area contributed by atoms with Crippen molar-refractivity contribution >= 4 is 23.1 Å². The van der Waals surface area contributed by atoms with Crippen molar-refractivity contribution in [2.75, 3.05) is 20.2 Å². The molecule has 34 heavy (non-hydrogen) atoms. The fourth-order valence-corrected chi connectivity index (χ4v) is 5.85. The molecule has 2 aromatic heterocycles. The average Bonchev–Trinajstić information content (AvgIpc) is 3.51. The molecule has 1 aliphatic rings. The molecule has 9 heteroatoms. The maximum absolute atomic E-state index is 13.6. The van der Waals surface area contributed by atoms with Gasteiger partial charge in [-0.15, -0.1) is 21.5 Å². The van der Waals surface area contributed by atoms with E-state index < -0.39 is 0 Å². The van der Waals surface area contributed by atoms with Crippen molar-refractivity contribution in [3.8, 4) is 22.0 Å². The highest BCUT2D eigenvalue weighted by molar-refractivity contribution is 7.98. The molecule has 4 aromatic rings. The zero-order valence-electron chi connectivity index (χ0n) is 19.0. The van der Waals surface area contributed by atoms with Gasteiger partial charge < -0.3 is 4.74 Å². The lowest BCUT2D eigenvalue weighted by Crippen LogP contribution is -2.30. The van der Waals surface area contributed by atoms with Crippen LogP contribution in [0.2, 0.25) is 0 Å². The van der Waals surface area contributed by atoms with Crippen LogP contribution in [0.4, 0.5) is 4.39 Å². The van der Waals surface area contributed by atoms with Gasteiger partial charge in [0.1, 0.15) is 16.6 Å². The summed E-state index contributed by atoms with van der Waals surface area (Å²) in [6.07, 6.45) is 3.71. The number of methoxy groups -OCH3 is 1. The highest BCUT2D eigenvalue weighted by Crippen LogP contribution is 2.30. The van der Waals surface area contributed by atoms with E-state index in [0.717, 1.165) is 58.3 Å². The van der Waals surface area contributed by atoms with Gasteiger partial charge in [-0.25, -0.2) is 9.37 Å². The molecule has 1 fully saturated rings. The lowest BCUT2D eigenvalue weighted by atomic mass is 10.1. The van der Waals surface area contributed by atoms with Crippen LogP contribution in [-0.2, 0) is 12.3 Å². The van der Waals surface area contributed by atoms with Crippen molar-refractivity contribution in [3.63, 3.8) is 0 Å². The summed E-state index contributed by atoms with van der Waals surface area (Å²) in [5, 5.41) is 12.8. The SMILES string of the molecule is COc1cccc(-c2nc(CSc3nnc(CN4CCCCC4)n3-c3ccc(F)cc3)cs2)c1. The van der Waals surface area contributed by atoms with E-state index in [-0.39, 0.29) is 5.82 Å². The molecular weight excluding hydrogens is 469 g/mol. The molecule has 1 aliphatic heterocycles. The minimum absolute atomic E-state index is 0.254. The predicted octanol–water partition coefficient (Wildman–Crippen LogP) is 5.82. The van der Waals surface area contributed by atoms with E-state index in [4.69, 9.17) is 9.72 Å². The standard InChI is InChI=1S/C25H26FN5OS2/c1-32-22-7-5-6-18(14-22)24-27-20(16-33-24)17-34-25-29-28-23(15-30-12-3-2-4-13-30)31(25)21-10-8-19(26)9-11-21/h5-11,14,16H,2-4,12-13,15,17H2,1H3. The Morgan fingerprint density at radius 2 is 1.88 bits per heavy atom. The van der Waals surface area contributed by atoms with Crippen LogP contribution in [0.3, 0.4) is 0 Å². The number of rotatable bonds is 8. The monoisotopic (exact) mass is 495 g/mol. The second-order valence-electron chi connectivity index (χ2n) is 8.21. The summed E-state index contributed by atoms with van der Waals surface area (Å²) < 4.78 is 21.0. The molecule has 6 nitrogen and oxygen atoms in total. The zero-order valence-corrected chi connectivity index (χ0v) is 20.6. The van der Waals surface area contributed by atoms with Gasteiger partial charge >= 0.3 is 0 Å². The summed E-state index contributed by atoms with van der Waals surface area (Å²) in [5.41, 5.74) is 2.90. The lowest BCUT2D eigenvalue weighted by Gasteiger charge is -2.26. The van der Waals surface area contributed by atoms with Crippen LogP contribution in [-0.4, -0.2) is 44.8 Å². The molecule has 0 aliphatic carbocycles. The van der Waals surface area contributed by atoms with E-state index in [2.05, 4.69) is 20.5 Å². The minimum Gasteiger partial charge on any atom is -0.497 e. The quantitative estimate of drug-likeness (QED) is 0.287. The summed E-state index contributed by atoms with van der Waals surface area (Å²) in [6.45, 7) is 2.89. The topological polar surface area (TPSA) is 56.1 Å². The van der Waals surface area contributed by atoms with Crippen molar-refractivity contribution in [3.05, 3.63) is 71.2 Å². The first-order chi connectivity index (χ1) is 16.7. The number of aromatic nitrogens is 4. The smallest absolute Gasteiger partial charge is 0.196 e. The van der Waals surface area contributed by atoms with Crippen LogP contribution in [0, 0.1) is 5.82 Å². The molecule has 3 heterocycles. The first-order valence-corrected chi connectivity index (χ1v) is 13.2. The highest BCUT2D eigenvalue weighted by atomic mass is 32.2. The number of hydrogen-bond acceptors (Lipinski definition) is 7. The molecule has 5 rings (SSSR count). The van der Waals surface area contributed by atoms with Gasteiger partial charge in [0, 0.05) is 22.4 Å². The van der Waals surface area contributed by atoms with Gasteiger partial charge in [0.05, 0.1) is 19.3 Å². The maximum Gasteiger partial charge on any atom is 0.196 e. The van der Waals surface area contributed by atoms with Crippen LogP contribution in [0.25, 0.3) is 16.3 Å². The fraction of sp³-hybridized carbons (Fsp3) is 0.320. The molecule has 0 N–H and O–H groups in total. The highest BCUT2D eigenvalue weighted by Gasteiger charge is 2.19. The van der Waals surface area contributed by atoms with E-state index in [0.29, 0.717) is 5.75 Å². The van der Waals surface area contributed by atoms with Crippen LogP contribution in [0.15, 0.2) is 59.1 Å². The number of piperidine rings is 1. The van der Waals surface area contributed by atoms with Gasteiger partial charge in [-0.2, -0.15) is 0 Å². The van der Waals surface area contributed by atoms with Gasteiger partial charge in [0.2, 0.25) is 0 Å². The first kappa shape index (κ1) is 23.0. The van der Waals surface area contributed by atoms with E-state index >= 15 is 0 Å². The van der Waals surface area contributed by atoms with Crippen LogP contribution < -0.4 is 4.74 Å². The Kier molecular flexibility index (Phi) is 7.22. The Bertz CT molecular complexity index is 1230. The summed E-state index contributed by atoms with van der Waals surface area (Å²) in [5.74, 6) is 2.11. The number of hydrogen-bond donors (Lipinski definition) is 0. The molecule has 0 radical (unpaired) electrons. The largest absolute Gasteiger partial charge is 0.497 e. The van der Waals surface area contributed by atoms with E-state index in [1.54, 1.807) is 42.3 Å². The molecule has 0 spiro atoms. The molecule has 0 amide bonds. The minimum atomic E-state index is -0.254. The number of halogens is 1. The van der Waals surface area contributed by atoms with Crippen molar-refractivity contribution in [1.82, 2.24) is 24.6 Å². The molecule has 1 saturated heterocycles. The Hall–Kier alpha value is -2.75. The zero-order chi connectivity index (χ0) is 23.3. The second kappa shape index (κ2) is 10.7. The fourth-order valence-electron chi connectivity index (χ4n) is 4.06. The molecule has 2 aromatic carbocycles. The van der Waals surface area contributed by atoms with Crippen molar-refractivity contribution in [1.29, 1.82) is 0 Å². The third-order valence-corrected chi connectivity index (χ3v) is 7.72. The average molecular weight is 496 g/mol. The van der Waals surface area contributed by atoms with E-state index in [1.807, 2.05) is 28.8 Å². The number of thioether (sulfide) groups is 1. The normalized spacial score (nSPS) is 14.4. The first-order valence-electron chi connectivity index (χ1n) is 11.3. The molecular formula is C25H26FN5OS2. The Morgan fingerprint density at radius 1 is 1.06 bits per heavy atom. The van der Waals surface area contributed by atoms with Crippen molar-refractivity contribution in [2.45, 2.75) is 36.7 Å². The predicted molar refractivity (Wildman–Crippen MR) is 134 cm³/mol. The van der Waals surface area contributed by atoms with Gasteiger partial charge in [0.25, 0.3) is 0 Å². The number of thiazole rings is 1. The van der Waals surface area contributed by atoms with Crippen LogP contribution >= 0.6 is 23.1 Å². The third-order valence-electron chi connectivity index (χ3n) is 5.82. The maximum atomic E-state index is 13.6. The number of benzene rings is 2. The van der Waals surface area contributed by atoms with Crippen LogP contribution in [0.5, 0.6) is 5.75 Å². The molecule has 0 bridgehead atoms. The summed E-state index contributed by atoms with van der Waals surface area (Å²) in [4.78, 5) is 7.23. The van der Waals surface area contributed by atoms with Gasteiger partial charge in [0.15, 0.2) is 11.0 Å². The van der Waals surface area contributed by atoms with E-state index in [9.17, 15) is 4.39 Å². The molecule has 176 valence electrons. The number of ether oxygens (including phenoxy) is 1. The lowest BCUT2D eigenvalue weighted by molar-refractivity contribution is 0.214. The van der Waals surface area contributed by atoms with E-state index in [1.165, 1.54) is 31.4 Å². The molecule has 0 unspecified atom stereocenters. The Labute approximate surface area is 206 Å². The van der Waals surface area contributed by atoms with Crippen molar-refractivity contribution in [2.24, 2.45) is 0 Å². The van der Waals surface area contributed by atoms with Gasteiger partial charge in [-0.1, -0.05) is 30.3 Å². The summed E-state index contributed by atoms with van der Waals surface area (Å²) >= 11 is 3.21. The molecule has 0 atom stereocenters. The third kappa shape index (κ3) is 5.32. The Morgan fingerprint density at radius 3 is 2.68 bits per heavy atom. The number of likely N-dealkylation sites (tertiary alicyclic amines) is 1. The Balaban J connectivity index is 1.36.